The van der Waals surface area contributed by atoms with E-state index < -0.39 is 6.10 Å². The lowest BCUT2D eigenvalue weighted by molar-refractivity contribution is 0.190. The van der Waals surface area contributed by atoms with Gasteiger partial charge in [0.1, 0.15) is 17.2 Å². The standard InChI is InChI=1S/C16H18O4/c1-11(18)16-14(19-2)7-4-8-15(16)20-13-6-3-5-12(9-13)10-17/h3-9,11,17-18H,10H2,1-2H3/t11-/m0/s1. The highest BCUT2D eigenvalue weighted by atomic mass is 16.5. The molecule has 1 atom stereocenters. The maximum atomic E-state index is 9.90. The minimum Gasteiger partial charge on any atom is -0.496 e. The van der Waals surface area contributed by atoms with Crippen molar-refractivity contribution in [2.24, 2.45) is 0 Å². The summed E-state index contributed by atoms with van der Waals surface area (Å²) in [6, 6.07) is 12.5. The van der Waals surface area contributed by atoms with E-state index in [0.29, 0.717) is 22.8 Å². The van der Waals surface area contributed by atoms with Crippen LogP contribution in [0.15, 0.2) is 42.5 Å². The van der Waals surface area contributed by atoms with Crippen molar-refractivity contribution in [3.8, 4) is 17.2 Å². The largest absolute Gasteiger partial charge is 0.496 e. The Labute approximate surface area is 118 Å². The molecule has 0 aliphatic heterocycles. The second-order valence-corrected chi connectivity index (χ2v) is 4.46. The van der Waals surface area contributed by atoms with Gasteiger partial charge in [-0.15, -0.1) is 0 Å². The quantitative estimate of drug-likeness (QED) is 0.880. The first kappa shape index (κ1) is 14.4. The minimum atomic E-state index is -0.706. The van der Waals surface area contributed by atoms with E-state index in [-0.39, 0.29) is 6.61 Å². The van der Waals surface area contributed by atoms with Crippen LogP contribution < -0.4 is 9.47 Å². The molecule has 2 aromatic rings. The van der Waals surface area contributed by atoms with Gasteiger partial charge in [0, 0.05) is 0 Å². The van der Waals surface area contributed by atoms with Crippen molar-refractivity contribution in [1.82, 2.24) is 0 Å². The van der Waals surface area contributed by atoms with E-state index in [2.05, 4.69) is 0 Å². The summed E-state index contributed by atoms with van der Waals surface area (Å²) in [4.78, 5) is 0. The topological polar surface area (TPSA) is 58.9 Å². The molecule has 0 aliphatic carbocycles. The molecule has 0 aromatic heterocycles. The number of hydrogen-bond acceptors (Lipinski definition) is 4. The Bertz CT molecular complexity index is 578. The molecule has 106 valence electrons. The molecule has 0 aliphatic rings. The molecular formula is C16H18O4. The zero-order valence-corrected chi connectivity index (χ0v) is 11.5. The molecule has 2 aromatic carbocycles. The molecule has 0 fully saturated rings. The molecule has 0 heterocycles. The van der Waals surface area contributed by atoms with Gasteiger partial charge in [0.15, 0.2) is 0 Å². The maximum Gasteiger partial charge on any atom is 0.136 e. The molecule has 0 bridgehead atoms. The van der Waals surface area contributed by atoms with Crippen LogP contribution in [0.4, 0.5) is 0 Å². The number of hydrogen-bond donors (Lipinski definition) is 2. The van der Waals surface area contributed by atoms with Gasteiger partial charge < -0.3 is 19.7 Å². The van der Waals surface area contributed by atoms with Gasteiger partial charge in [-0.25, -0.2) is 0 Å². The molecule has 0 radical (unpaired) electrons. The fourth-order valence-corrected chi connectivity index (χ4v) is 2.04. The van der Waals surface area contributed by atoms with Crippen molar-refractivity contribution in [3.05, 3.63) is 53.6 Å². The third kappa shape index (κ3) is 3.10. The van der Waals surface area contributed by atoms with Gasteiger partial charge in [-0.05, 0) is 36.8 Å². The average Bonchev–Trinajstić information content (AvgIpc) is 2.46. The third-order valence-electron chi connectivity index (χ3n) is 2.97. The lowest BCUT2D eigenvalue weighted by atomic mass is 10.1. The fourth-order valence-electron chi connectivity index (χ4n) is 2.04. The molecule has 2 N–H and O–H groups in total. The molecule has 0 amide bonds. The summed E-state index contributed by atoms with van der Waals surface area (Å²) in [5, 5.41) is 19.0. The molecular weight excluding hydrogens is 256 g/mol. The van der Waals surface area contributed by atoms with E-state index in [1.807, 2.05) is 12.1 Å². The molecule has 0 saturated carbocycles. The molecule has 20 heavy (non-hydrogen) atoms. The second kappa shape index (κ2) is 6.41. The molecule has 0 saturated heterocycles. The Morgan fingerprint density at radius 1 is 1.10 bits per heavy atom. The highest BCUT2D eigenvalue weighted by Crippen LogP contribution is 2.36. The van der Waals surface area contributed by atoms with Crippen LogP contribution >= 0.6 is 0 Å². The third-order valence-corrected chi connectivity index (χ3v) is 2.97. The normalized spacial score (nSPS) is 12.0. The van der Waals surface area contributed by atoms with Gasteiger partial charge in [0.05, 0.1) is 25.4 Å². The molecule has 2 rings (SSSR count). The SMILES string of the molecule is COc1cccc(Oc2cccc(CO)c2)c1[C@H](C)O. The van der Waals surface area contributed by atoms with E-state index in [0.717, 1.165) is 5.56 Å². The Balaban J connectivity index is 2.37. The van der Waals surface area contributed by atoms with Crippen molar-refractivity contribution in [3.63, 3.8) is 0 Å². The van der Waals surface area contributed by atoms with Crippen molar-refractivity contribution in [2.45, 2.75) is 19.6 Å². The number of aliphatic hydroxyl groups is 2. The molecule has 0 spiro atoms. The van der Waals surface area contributed by atoms with Gasteiger partial charge in [0.25, 0.3) is 0 Å². The van der Waals surface area contributed by atoms with Gasteiger partial charge >= 0.3 is 0 Å². The number of ether oxygens (including phenoxy) is 2. The van der Waals surface area contributed by atoms with Crippen LogP contribution in [0, 0.1) is 0 Å². The highest BCUT2D eigenvalue weighted by molar-refractivity contribution is 5.48. The number of rotatable bonds is 5. The van der Waals surface area contributed by atoms with Crippen molar-refractivity contribution < 1.29 is 19.7 Å². The summed E-state index contributed by atoms with van der Waals surface area (Å²) in [5.74, 6) is 1.72. The van der Waals surface area contributed by atoms with Crippen LogP contribution in [0.2, 0.25) is 0 Å². The fraction of sp³-hybridized carbons (Fsp3) is 0.250. The second-order valence-electron chi connectivity index (χ2n) is 4.46. The number of benzene rings is 2. The Morgan fingerprint density at radius 2 is 1.80 bits per heavy atom. The first-order chi connectivity index (χ1) is 9.65. The Kier molecular flexibility index (Phi) is 4.61. The van der Waals surface area contributed by atoms with Crippen LogP contribution in [0.5, 0.6) is 17.2 Å². The maximum absolute atomic E-state index is 9.90. The summed E-state index contributed by atoms with van der Waals surface area (Å²) >= 11 is 0. The predicted octanol–water partition coefficient (Wildman–Crippen LogP) is 3.03. The molecule has 4 heteroatoms. The minimum absolute atomic E-state index is 0.0431. The lowest BCUT2D eigenvalue weighted by Crippen LogP contribution is -2.00. The van der Waals surface area contributed by atoms with Gasteiger partial charge in [-0.2, -0.15) is 0 Å². The predicted molar refractivity (Wildman–Crippen MR) is 76.1 cm³/mol. The van der Waals surface area contributed by atoms with Crippen LogP contribution in [0.1, 0.15) is 24.2 Å². The first-order valence-corrected chi connectivity index (χ1v) is 6.38. The van der Waals surface area contributed by atoms with E-state index in [1.165, 1.54) is 0 Å². The van der Waals surface area contributed by atoms with Crippen LogP contribution in [0.25, 0.3) is 0 Å². The average molecular weight is 274 g/mol. The van der Waals surface area contributed by atoms with E-state index in [4.69, 9.17) is 14.6 Å². The van der Waals surface area contributed by atoms with E-state index in [1.54, 1.807) is 44.4 Å². The zero-order valence-electron chi connectivity index (χ0n) is 11.5. The Morgan fingerprint density at radius 3 is 2.45 bits per heavy atom. The lowest BCUT2D eigenvalue weighted by Gasteiger charge is -2.16. The van der Waals surface area contributed by atoms with Crippen LogP contribution in [-0.2, 0) is 6.61 Å². The van der Waals surface area contributed by atoms with Crippen molar-refractivity contribution >= 4 is 0 Å². The Hall–Kier alpha value is -2.04. The highest BCUT2D eigenvalue weighted by Gasteiger charge is 2.15. The van der Waals surface area contributed by atoms with Crippen LogP contribution in [-0.4, -0.2) is 17.3 Å². The summed E-state index contributed by atoms with van der Waals surface area (Å²) in [6.07, 6.45) is -0.706. The summed E-state index contributed by atoms with van der Waals surface area (Å²) in [5.41, 5.74) is 1.37. The summed E-state index contributed by atoms with van der Waals surface area (Å²) in [6.45, 7) is 1.62. The van der Waals surface area contributed by atoms with E-state index >= 15 is 0 Å². The van der Waals surface area contributed by atoms with Crippen LogP contribution in [0.3, 0.4) is 0 Å². The molecule has 4 nitrogen and oxygen atoms in total. The van der Waals surface area contributed by atoms with Gasteiger partial charge in [-0.3, -0.25) is 0 Å². The number of aliphatic hydroxyl groups excluding tert-OH is 2. The van der Waals surface area contributed by atoms with E-state index in [9.17, 15) is 5.11 Å². The molecule has 0 unspecified atom stereocenters. The van der Waals surface area contributed by atoms with Crippen molar-refractivity contribution in [2.75, 3.05) is 7.11 Å². The van der Waals surface area contributed by atoms with Gasteiger partial charge in [-0.1, -0.05) is 18.2 Å². The van der Waals surface area contributed by atoms with Crippen molar-refractivity contribution in [1.29, 1.82) is 0 Å². The monoisotopic (exact) mass is 274 g/mol. The number of methoxy groups -OCH3 is 1. The first-order valence-electron chi connectivity index (χ1n) is 6.38. The van der Waals surface area contributed by atoms with Gasteiger partial charge in [0.2, 0.25) is 0 Å². The smallest absolute Gasteiger partial charge is 0.136 e. The zero-order chi connectivity index (χ0) is 14.5. The summed E-state index contributed by atoms with van der Waals surface area (Å²) < 4.78 is 11.1. The summed E-state index contributed by atoms with van der Waals surface area (Å²) in [7, 11) is 1.55.